The Bertz CT molecular complexity index is 527. The van der Waals surface area contributed by atoms with E-state index in [4.69, 9.17) is 9.47 Å². The van der Waals surface area contributed by atoms with Crippen LogP contribution in [-0.4, -0.2) is 61.9 Å². The lowest BCUT2D eigenvalue weighted by Gasteiger charge is -2.39. The fraction of sp³-hybridized carbons (Fsp3) is 0.600. The Balaban J connectivity index is 0.00000192. The predicted octanol–water partition coefficient (Wildman–Crippen LogP) is 1.45. The van der Waals surface area contributed by atoms with Gasteiger partial charge >= 0.3 is 0 Å². The minimum absolute atomic E-state index is 0. The summed E-state index contributed by atoms with van der Waals surface area (Å²) in [5, 5.41) is 12.3. The maximum Gasteiger partial charge on any atom is 0.290 e. The number of nitrogens with one attached hydrogen (secondary N) is 1. The van der Waals surface area contributed by atoms with Crippen LogP contribution in [0.2, 0.25) is 0 Å². The third kappa shape index (κ3) is 3.68. The Kier molecular flexibility index (Phi) is 6.02. The molecule has 130 valence electrons. The van der Waals surface area contributed by atoms with Crippen molar-refractivity contribution in [3.8, 4) is 11.5 Å². The molecule has 0 spiro atoms. The molecular weight excluding hydrogens is 330 g/mol. The molecule has 0 amide bonds. The molecule has 2 aliphatic heterocycles. The minimum atomic E-state index is -3.26. The van der Waals surface area contributed by atoms with Gasteiger partial charge in [-0.3, -0.25) is 4.90 Å². The molecule has 1 aromatic carbocycles. The van der Waals surface area contributed by atoms with Gasteiger partial charge in [-0.25, -0.2) is 8.78 Å². The molecule has 8 heteroatoms. The number of piperazine rings is 1. The van der Waals surface area contributed by atoms with E-state index in [9.17, 15) is 13.9 Å². The lowest BCUT2D eigenvalue weighted by molar-refractivity contribution is -0.119. The highest BCUT2D eigenvalue weighted by atomic mass is 35.5. The molecule has 3 rings (SSSR count). The largest absolute Gasteiger partial charge is 0.486 e. The summed E-state index contributed by atoms with van der Waals surface area (Å²) >= 11 is 0. The van der Waals surface area contributed by atoms with Crippen LogP contribution in [-0.2, 0) is 0 Å². The van der Waals surface area contributed by atoms with Gasteiger partial charge in [0.05, 0.1) is 0 Å². The molecule has 1 fully saturated rings. The zero-order valence-electron chi connectivity index (χ0n) is 12.6. The maximum atomic E-state index is 14.4. The zero-order chi connectivity index (χ0) is 15.6. The molecule has 2 N–H and O–H groups in total. The van der Waals surface area contributed by atoms with E-state index in [1.54, 1.807) is 23.1 Å². The van der Waals surface area contributed by atoms with Crippen molar-refractivity contribution >= 4 is 12.4 Å². The van der Waals surface area contributed by atoms with Crippen molar-refractivity contribution in [1.29, 1.82) is 0 Å². The van der Waals surface area contributed by atoms with Gasteiger partial charge in [0.25, 0.3) is 5.92 Å². The molecule has 1 aromatic rings. The Hall–Kier alpha value is -1.15. The van der Waals surface area contributed by atoms with Crippen LogP contribution in [0.15, 0.2) is 18.2 Å². The summed E-state index contributed by atoms with van der Waals surface area (Å²) in [4.78, 5) is 1.69. The first-order valence-electron chi connectivity index (χ1n) is 7.45. The molecule has 23 heavy (non-hydrogen) atoms. The molecule has 0 unspecified atom stereocenters. The van der Waals surface area contributed by atoms with Crippen molar-refractivity contribution in [2.24, 2.45) is 0 Å². The van der Waals surface area contributed by atoms with Gasteiger partial charge in [0.1, 0.15) is 25.9 Å². The Morgan fingerprint density at radius 1 is 1.22 bits per heavy atom. The van der Waals surface area contributed by atoms with E-state index >= 15 is 0 Å². The molecule has 0 aliphatic carbocycles. The number of para-hydroxylation sites is 1. The average molecular weight is 351 g/mol. The van der Waals surface area contributed by atoms with Crippen LogP contribution in [0.4, 0.5) is 8.78 Å². The first kappa shape index (κ1) is 18.2. The summed E-state index contributed by atoms with van der Waals surface area (Å²) in [6, 6.07) is 3.80. The summed E-state index contributed by atoms with van der Waals surface area (Å²) in [7, 11) is 0. The van der Waals surface area contributed by atoms with Gasteiger partial charge in [-0.05, 0) is 6.07 Å². The number of aliphatic hydroxyl groups excluding tert-OH is 1. The van der Waals surface area contributed by atoms with E-state index in [2.05, 4.69) is 5.32 Å². The second-order valence-electron chi connectivity index (χ2n) is 5.48. The van der Waals surface area contributed by atoms with Crippen LogP contribution in [0.5, 0.6) is 11.5 Å². The van der Waals surface area contributed by atoms with Crippen LogP contribution in [0.25, 0.3) is 0 Å². The smallest absolute Gasteiger partial charge is 0.290 e. The van der Waals surface area contributed by atoms with E-state index in [0.29, 0.717) is 56.5 Å². The molecule has 2 aliphatic rings. The summed E-state index contributed by atoms with van der Waals surface area (Å²) in [5.74, 6) is -2.41. The maximum absolute atomic E-state index is 14.4. The summed E-state index contributed by atoms with van der Waals surface area (Å²) in [6.07, 6.45) is 0. The first-order chi connectivity index (χ1) is 10.6. The number of alkyl halides is 2. The number of halogens is 3. The van der Waals surface area contributed by atoms with Crippen molar-refractivity contribution in [3.63, 3.8) is 0 Å². The predicted molar refractivity (Wildman–Crippen MR) is 83.9 cm³/mol. The van der Waals surface area contributed by atoms with Crippen molar-refractivity contribution in [2.45, 2.75) is 12.0 Å². The lowest BCUT2D eigenvalue weighted by atomic mass is 9.96. The molecule has 0 radical (unpaired) electrons. The van der Waals surface area contributed by atoms with Gasteiger partial charge in [-0.2, -0.15) is 0 Å². The van der Waals surface area contributed by atoms with E-state index in [0.717, 1.165) is 0 Å². The van der Waals surface area contributed by atoms with E-state index in [1.807, 2.05) is 0 Å². The number of aliphatic hydroxyl groups is 1. The van der Waals surface area contributed by atoms with Crippen molar-refractivity contribution in [2.75, 3.05) is 46.0 Å². The standard InChI is InChI=1S/C15H20F2N2O3.ClH/c16-15(17,10-20)14(19-6-4-18-5-7-19)11-2-1-3-12-13(11)22-9-8-21-12;/h1-3,14,18,20H,4-10H2;1H/t14-;/m0./s1. The molecule has 5 nitrogen and oxygen atoms in total. The normalized spacial score (nSPS) is 19.8. The second-order valence-corrected chi connectivity index (χ2v) is 5.48. The third-order valence-corrected chi connectivity index (χ3v) is 4.02. The highest BCUT2D eigenvalue weighted by Gasteiger charge is 2.46. The van der Waals surface area contributed by atoms with Gasteiger partial charge in [0, 0.05) is 31.7 Å². The average Bonchev–Trinajstić information content (AvgIpc) is 2.56. The Morgan fingerprint density at radius 3 is 2.61 bits per heavy atom. The molecule has 0 saturated carbocycles. The minimum Gasteiger partial charge on any atom is -0.486 e. The van der Waals surface area contributed by atoms with Gasteiger partial charge in [0.2, 0.25) is 0 Å². The molecular formula is C15H21ClF2N2O3. The first-order valence-corrected chi connectivity index (χ1v) is 7.45. The Morgan fingerprint density at radius 2 is 1.91 bits per heavy atom. The zero-order valence-corrected chi connectivity index (χ0v) is 13.5. The van der Waals surface area contributed by atoms with Gasteiger partial charge in [0.15, 0.2) is 11.5 Å². The second kappa shape index (κ2) is 7.61. The quantitative estimate of drug-likeness (QED) is 0.861. The Labute approximate surface area is 140 Å². The molecule has 0 bridgehead atoms. The number of hydrogen-bond donors (Lipinski definition) is 2. The van der Waals surface area contributed by atoms with Crippen LogP contribution >= 0.6 is 12.4 Å². The fourth-order valence-electron chi connectivity index (χ4n) is 3.03. The van der Waals surface area contributed by atoms with Crippen molar-refractivity contribution in [3.05, 3.63) is 23.8 Å². The van der Waals surface area contributed by atoms with Gasteiger partial charge in [-0.15, -0.1) is 12.4 Å². The van der Waals surface area contributed by atoms with Gasteiger partial charge in [-0.1, -0.05) is 12.1 Å². The topological polar surface area (TPSA) is 54.0 Å². The molecule has 2 heterocycles. The molecule has 1 saturated heterocycles. The lowest BCUT2D eigenvalue weighted by Crippen LogP contribution is -2.51. The highest BCUT2D eigenvalue weighted by Crippen LogP contribution is 2.44. The fourth-order valence-corrected chi connectivity index (χ4v) is 3.03. The van der Waals surface area contributed by atoms with Crippen molar-refractivity contribution < 1.29 is 23.4 Å². The monoisotopic (exact) mass is 350 g/mol. The summed E-state index contributed by atoms with van der Waals surface area (Å²) in [5.41, 5.74) is 0.373. The number of fused-ring (bicyclic) bond motifs is 1. The number of rotatable bonds is 4. The SMILES string of the molecule is Cl.OCC(F)(F)[C@H](c1cccc2c1OCCO2)N1CCNCC1. The number of benzene rings is 1. The summed E-state index contributed by atoms with van der Waals surface area (Å²) in [6.45, 7) is 1.81. The van der Waals surface area contributed by atoms with E-state index in [-0.39, 0.29) is 12.4 Å². The van der Waals surface area contributed by atoms with Crippen molar-refractivity contribution in [1.82, 2.24) is 10.2 Å². The number of ether oxygens (including phenoxy) is 2. The highest BCUT2D eigenvalue weighted by molar-refractivity contribution is 5.85. The van der Waals surface area contributed by atoms with E-state index < -0.39 is 18.6 Å². The number of hydrogen-bond acceptors (Lipinski definition) is 5. The van der Waals surface area contributed by atoms with Crippen LogP contribution in [0.1, 0.15) is 11.6 Å². The molecule has 0 aromatic heterocycles. The summed E-state index contributed by atoms with van der Waals surface area (Å²) < 4.78 is 40.0. The van der Waals surface area contributed by atoms with E-state index in [1.165, 1.54) is 0 Å². The van der Waals surface area contributed by atoms with Gasteiger partial charge < -0.3 is 19.9 Å². The third-order valence-electron chi connectivity index (χ3n) is 4.02. The van der Waals surface area contributed by atoms with Crippen LogP contribution < -0.4 is 14.8 Å². The number of nitrogens with zero attached hydrogens (tertiary/aromatic N) is 1. The van der Waals surface area contributed by atoms with Crippen LogP contribution in [0, 0.1) is 0 Å². The molecule has 1 atom stereocenters. The van der Waals surface area contributed by atoms with Crippen LogP contribution in [0.3, 0.4) is 0 Å².